The van der Waals surface area contributed by atoms with Gasteiger partial charge in [-0.3, -0.25) is 4.90 Å². The second kappa shape index (κ2) is 5.16. The van der Waals surface area contributed by atoms with E-state index < -0.39 is 0 Å². The van der Waals surface area contributed by atoms with E-state index in [9.17, 15) is 0 Å². The van der Waals surface area contributed by atoms with Gasteiger partial charge in [-0.15, -0.1) is 0 Å². The molecule has 2 rings (SSSR count). The first kappa shape index (κ1) is 11.9. The SMILES string of the molecule is C=C1CN([C@@H](C)c2ccccc2)C[C@@H]1CC#N. The summed E-state index contributed by atoms with van der Waals surface area (Å²) in [5.74, 6) is 0.353. The summed E-state index contributed by atoms with van der Waals surface area (Å²) in [6.07, 6.45) is 0.594. The molecule has 1 aliphatic heterocycles. The van der Waals surface area contributed by atoms with Crippen molar-refractivity contribution in [2.24, 2.45) is 5.92 Å². The van der Waals surface area contributed by atoms with Crippen LogP contribution in [0.25, 0.3) is 0 Å². The lowest BCUT2D eigenvalue weighted by atomic mass is 10.0. The largest absolute Gasteiger partial charge is 0.292 e. The molecule has 17 heavy (non-hydrogen) atoms. The van der Waals surface area contributed by atoms with Crippen LogP contribution in [-0.2, 0) is 0 Å². The Morgan fingerprint density at radius 2 is 2.18 bits per heavy atom. The molecule has 0 spiro atoms. The molecule has 0 amide bonds. The van der Waals surface area contributed by atoms with Gasteiger partial charge in [-0.25, -0.2) is 0 Å². The van der Waals surface area contributed by atoms with Crippen LogP contribution in [0.1, 0.15) is 24.9 Å². The van der Waals surface area contributed by atoms with Gasteiger partial charge in [0.15, 0.2) is 0 Å². The van der Waals surface area contributed by atoms with Crippen molar-refractivity contribution in [3.63, 3.8) is 0 Å². The van der Waals surface area contributed by atoms with Gasteiger partial charge in [0.2, 0.25) is 0 Å². The molecule has 0 radical (unpaired) electrons. The molecule has 1 aromatic carbocycles. The topological polar surface area (TPSA) is 27.0 Å². The van der Waals surface area contributed by atoms with Crippen LogP contribution >= 0.6 is 0 Å². The van der Waals surface area contributed by atoms with E-state index in [2.05, 4.69) is 48.7 Å². The minimum Gasteiger partial charge on any atom is -0.292 e. The normalized spacial score (nSPS) is 22.4. The van der Waals surface area contributed by atoms with Crippen molar-refractivity contribution in [1.29, 1.82) is 5.26 Å². The fourth-order valence-corrected chi connectivity index (χ4v) is 2.42. The monoisotopic (exact) mass is 226 g/mol. The smallest absolute Gasteiger partial charge is 0.0628 e. The molecule has 0 N–H and O–H groups in total. The number of hydrogen-bond donors (Lipinski definition) is 0. The Labute approximate surface area is 103 Å². The van der Waals surface area contributed by atoms with Crippen LogP contribution in [-0.4, -0.2) is 18.0 Å². The average molecular weight is 226 g/mol. The summed E-state index contributed by atoms with van der Waals surface area (Å²) in [5, 5.41) is 8.78. The zero-order valence-corrected chi connectivity index (χ0v) is 10.3. The van der Waals surface area contributed by atoms with Gasteiger partial charge < -0.3 is 0 Å². The summed E-state index contributed by atoms with van der Waals surface area (Å²) in [5.41, 5.74) is 2.53. The van der Waals surface area contributed by atoms with Crippen molar-refractivity contribution in [2.45, 2.75) is 19.4 Å². The molecular weight excluding hydrogens is 208 g/mol. The van der Waals surface area contributed by atoms with Crippen molar-refractivity contribution in [2.75, 3.05) is 13.1 Å². The second-order valence-electron chi connectivity index (χ2n) is 4.73. The predicted octanol–water partition coefficient (Wildman–Crippen LogP) is 3.15. The van der Waals surface area contributed by atoms with Crippen LogP contribution in [0.3, 0.4) is 0 Å². The van der Waals surface area contributed by atoms with Gasteiger partial charge in [0, 0.05) is 31.5 Å². The Balaban J connectivity index is 2.06. The predicted molar refractivity (Wildman–Crippen MR) is 69.3 cm³/mol. The Morgan fingerprint density at radius 1 is 1.47 bits per heavy atom. The second-order valence-corrected chi connectivity index (χ2v) is 4.73. The van der Waals surface area contributed by atoms with Crippen LogP contribution < -0.4 is 0 Å². The number of hydrogen-bond acceptors (Lipinski definition) is 2. The molecule has 0 bridgehead atoms. The summed E-state index contributed by atoms with van der Waals surface area (Å²) in [6, 6.07) is 13.2. The van der Waals surface area contributed by atoms with E-state index in [0.29, 0.717) is 18.4 Å². The third-order valence-electron chi connectivity index (χ3n) is 3.61. The molecule has 2 nitrogen and oxygen atoms in total. The quantitative estimate of drug-likeness (QED) is 0.740. The third kappa shape index (κ3) is 2.57. The highest BCUT2D eigenvalue weighted by Crippen LogP contribution is 2.31. The highest BCUT2D eigenvalue weighted by atomic mass is 15.2. The molecular formula is C15H18N2. The van der Waals surface area contributed by atoms with Gasteiger partial charge in [0.25, 0.3) is 0 Å². The molecule has 1 saturated heterocycles. The van der Waals surface area contributed by atoms with Crippen LogP contribution in [0.2, 0.25) is 0 Å². The lowest BCUT2D eigenvalue weighted by Gasteiger charge is -2.24. The molecule has 1 aliphatic rings. The summed E-state index contributed by atoms with van der Waals surface area (Å²) >= 11 is 0. The molecule has 0 aliphatic carbocycles. The maximum atomic E-state index is 8.78. The Morgan fingerprint density at radius 3 is 2.82 bits per heavy atom. The van der Waals surface area contributed by atoms with Gasteiger partial charge in [0.1, 0.15) is 0 Å². The third-order valence-corrected chi connectivity index (χ3v) is 3.61. The van der Waals surface area contributed by atoms with Gasteiger partial charge in [0.05, 0.1) is 6.07 Å². The Hall–Kier alpha value is -1.59. The molecule has 0 aromatic heterocycles. The fourth-order valence-electron chi connectivity index (χ4n) is 2.42. The zero-order valence-electron chi connectivity index (χ0n) is 10.3. The molecule has 2 heteroatoms. The highest BCUT2D eigenvalue weighted by Gasteiger charge is 2.29. The van der Waals surface area contributed by atoms with E-state index in [1.807, 2.05) is 6.07 Å². The minimum atomic E-state index is 0.353. The zero-order chi connectivity index (χ0) is 12.3. The first-order chi connectivity index (χ1) is 8.22. The van der Waals surface area contributed by atoms with Gasteiger partial charge >= 0.3 is 0 Å². The Bertz CT molecular complexity index is 430. The first-order valence-electron chi connectivity index (χ1n) is 6.06. The lowest BCUT2D eigenvalue weighted by Crippen LogP contribution is -2.24. The Kier molecular flexibility index (Phi) is 3.61. The van der Waals surface area contributed by atoms with Crippen molar-refractivity contribution in [3.8, 4) is 6.07 Å². The molecule has 1 aromatic rings. The molecule has 88 valence electrons. The standard InChI is InChI=1S/C15H18N2/c1-12-10-17(11-15(12)8-9-16)13(2)14-6-4-3-5-7-14/h3-7,13,15H,1,8,10-11H2,2H3/t13-,15-/m0/s1. The van der Waals surface area contributed by atoms with Crippen LogP contribution in [0.5, 0.6) is 0 Å². The molecule has 0 saturated carbocycles. The van der Waals surface area contributed by atoms with E-state index in [-0.39, 0.29) is 0 Å². The first-order valence-corrected chi connectivity index (χ1v) is 6.06. The van der Waals surface area contributed by atoms with E-state index in [4.69, 9.17) is 5.26 Å². The highest BCUT2D eigenvalue weighted by molar-refractivity contribution is 5.21. The van der Waals surface area contributed by atoms with Gasteiger partial charge in [-0.2, -0.15) is 5.26 Å². The number of nitrogens with zero attached hydrogens (tertiary/aromatic N) is 2. The maximum absolute atomic E-state index is 8.78. The van der Waals surface area contributed by atoms with E-state index >= 15 is 0 Å². The minimum absolute atomic E-state index is 0.353. The van der Waals surface area contributed by atoms with Crippen LogP contribution in [0.4, 0.5) is 0 Å². The number of nitriles is 1. The summed E-state index contributed by atoms with van der Waals surface area (Å²) < 4.78 is 0. The number of likely N-dealkylation sites (tertiary alicyclic amines) is 1. The van der Waals surface area contributed by atoms with Crippen molar-refractivity contribution < 1.29 is 0 Å². The average Bonchev–Trinajstić information content (AvgIpc) is 2.72. The molecule has 1 fully saturated rings. The summed E-state index contributed by atoms with van der Waals surface area (Å²) in [7, 11) is 0. The number of rotatable bonds is 3. The molecule has 0 unspecified atom stereocenters. The van der Waals surface area contributed by atoms with E-state index in [0.717, 1.165) is 13.1 Å². The van der Waals surface area contributed by atoms with Crippen molar-refractivity contribution in [1.82, 2.24) is 4.90 Å². The molecule has 2 atom stereocenters. The van der Waals surface area contributed by atoms with Gasteiger partial charge in [-0.1, -0.05) is 42.5 Å². The van der Waals surface area contributed by atoms with E-state index in [1.165, 1.54) is 11.1 Å². The van der Waals surface area contributed by atoms with Crippen molar-refractivity contribution in [3.05, 3.63) is 48.0 Å². The maximum Gasteiger partial charge on any atom is 0.0628 e. The molecule has 1 heterocycles. The van der Waals surface area contributed by atoms with Crippen molar-refractivity contribution >= 4 is 0 Å². The fraction of sp³-hybridized carbons (Fsp3) is 0.400. The summed E-state index contributed by atoms with van der Waals surface area (Å²) in [6.45, 7) is 8.19. The van der Waals surface area contributed by atoms with E-state index in [1.54, 1.807) is 0 Å². The summed E-state index contributed by atoms with van der Waals surface area (Å²) in [4.78, 5) is 2.40. The van der Waals surface area contributed by atoms with Crippen LogP contribution in [0, 0.1) is 17.2 Å². The van der Waals surface area contributed by atoms with Gasteiger partial charge in [-0.05, 0) is 12.5 Å². The van der Waals surface area contributed by atoms with Crippen LogP contribution in [0.15, 0.2) is 42.5 Å². The lowest BCUT2D eigenvalue weighted by molar-refractivity contribution is 0.254. The number of benzene rings is 1.